The molecule has 0 aliphatic carbocycles. The van der Waals surface area contributed by atoms with E-state index in [2.05, 4.69) is 10.4 Å². The second-order valence-electron chi connectivity index (χ2n) is 7.73. The minimum atomic E-state index is -0.211. The number of nitrogens with one attached hydrogen (secondary N) is 1. The number of carbonyl (C=O) groups is 2. The Kier molecular flexibility index (Phi) is 6.39. The number of aryl methyl sites for hydroxylation is 1. The summed E-state index contributed by atoms with van der Waals surface area (Å²) in [5.74, 6) is 0.343. The van der Waals surface area contributed by atoms with E-state index in [1.165, 1.54) is 0 Å². The third kappa shape index (κ3) is 4.55. The third-order valence-electron chi connectivity index (χ3n) is 5.00. The molecule has 1 aliphatic heterocycles. The number of hydrogen-bond acceptors (Lipinski definition) is 3. The van der Waals surface area contributed by atoms with Crippen molar-refractivity contribution in [3.63, 3.8) is 0 Å². The van der Waals surface area contributed by atoms with E-state index >= 15 is 0 Å². The Hall–Kier alpha value is -2.34. The van der Waals surface area contributed by atoms with E-state index < -0.39 is 0 Å². The Labute approximate surface area is 170 Å². The molecule has 6 nitrogen and oxygen atoms in total. The number of carbonyl (C=O) groups excluding carboxylic acids is 2. The maximum atomic E-state index is 12.8. The molecule has 0 radical (unpaired) electrons. The zero-order valence-electron chi connectivity index (χ0n) is 16.6. The lowest BCUT2D eigenvalue weighted by molar-refractivity contribution is -0.133. The molecule has 1 saturated heterocycles. The van der Waals surface area contributed by atoms with Gasteiger partial charge in [0.2, 0.25) is 5.91 Å². The fourth-order valence-electron chi connectivity index (χ4n) is 3.51. The van der Waals surface area contributed by atoms with Gasteiger partial charge in [-0.25, -0.2) is 4.68 Å². The largest absolute Gasteiger partial charge is 0.349 e. The van der Waals surface area contributed by atoms with Crippen molar-refractivity contribution in [3.05, 3.63) is 46.7 Å². The van der Waals surface area contributed by atoms with Crippen LogP contribution in [0, 0.1) is 12.8 Å². The highest BCUT2D eigenvalue weighted by atomic mass is 35.5. The van der Waals surface area contributed by atoms with Crippen molar-refractivity contribution in [2.24, 2.45) is 5.92 Å². The summed E-state index contributed by atoms with van der Waals surface area (Å²) in [4.78, 5) is 26.9. The molecule has 3 rings (SSSR count). The van der Waals surface area contributed by atoms with Crippen molar-refractivity contribution in [1.82, 2.24) is 20.0 Å². The zero-order chi connectivity index (χ0) is 20.3. The highest BCUT2D eigenvalue weighted by Crippen LogP contribution is 2.24. The van der Waals surface area contributed by atoms with Gasteiger partial charge in [0.15, 0.2) is 0 Å². The molecule has 0 atom stereocenters. The van der Waals surface area contributed by atoms with E-state index in [0.29, 0.717) is 41.8 Å². The lowest BCUT2D eigenvalue weighted by atomic mass is 10.0. The van der Waals surface area contributed by atoms with Crippen molar-refractivity contribution < 1.29 is 9.59 Å². The second-order valence-corrected chi connectivity index (χ2v) is 8.08. The number of para-hydroxylation sites is 1. The standard InChI is InChI=1S/C21H27ClN4O2/c1-14(2)13-18(27)25-11-9-16(10-12-25)23-21(28)19-15(3)24-26(20(19)22)17-7-5-4-6-8-17/h4-8,14,16H,9-13H2,1-3H3,(H,23,28). The summed E-state index contributed by atoms with van der Waals surface area (Å²) in [5.41, 5.74) is 1.81. The Balaban J connectivity index is 1.63. The quantitative estimate of drug-likeness (QED) is 0.830. The summed E-state index contributed by atoms with van der Waals surface area (Å²) >= 11 is 6.48. The fraction of sp³-hybridized carbons (Fsp3) is 0.476. The van der Waals surface area contributed by atoms with Crippen LogP contribution in [-0.2, 0) is 4.79 Å². The first-order valence-corrected chi connectivity index (χ1v) is 10.1. The van der Waals surface area contributed by atoms with E-state index in [-0.39, 0.29) is 17.9 Å². The molecule has 2 aromatic rings. The van der Waals surface area contributed by atoms with Gasteiger partial charge in [0.05, 0.1) is 16.9 Å². The molecule has 1 aromatic heterocycles. The summed E-state index contributed by atoms with van der Waals surface area (Å²) in [7, 11) is 0. The van der Waals surface area contributed by atoms with Crippen LogP contribution in [0.1, 0.15) is 49.2 Å². The van der Waals surface area contributed by atoms with E-state index in [1.54, 1.807) is 11.6 Å². The van der Waals surface area contributed by atoms with Crippen molar-refractivity contribution in [2.45, 2.75) is 46.1 Å². The van der Waals surface area contributed by atoms with E-state index in [4.69, 9.17) is 11.6 Å². The number of rotatable bonds is 5. The molecule has 0 saturated carbocycles. The molecule has 1 aromatic carbocycles. The predicted molar refractivity (Wildman–Crippen MR) is 110 cm³/mol. The normalized spacial score (nSPS) is 15.1. The molecular weight excluding hydrogens is 376 g/mol. The van der Waals surface area contributed by atoms with Crippen LogP contribution in [0.15, 0.2) is 30.3 Å². The van der Waals surface area contributed by atoms with Crippen LogP contribution >= 0.6 is 11.6 Å². The van der Waals surface area contributed by atoms with Crippen LogP contribution < -0.4 is 5.32 Å². The molecule has 0 bridgehead atoms. The van der Waals surface area contributed by atoms with Crippen molar-refractivity contribution >= 4 is 23.4 Å². The molecule has 28 heavy (non-hydrogen) atoms. The first-order chi connectivity index (χ1) is 13.4. The van der Waals surface area contributed by atoms with Crippen LogP contribution in [0.25, 0.3) is 5.69 Å². The molecular formula is C21H27ClN4O2. The number of likely N-dealkylation sites (tertiary alicyclic amines) is 1. The van der Waals surface area contributed by atoms with Gasteiger partial charge >= 0.3 is 0 Å². The Morgan fingerprint density at radius 1 is 1.21 bits per heavy atom. The van der Waals surface area contributed by atoms with Gasteiger partial charge in [-0.05, 0) is 37.8 Å². The van der Waals surface area contributed by atoms with E-state index in [9.17, 15) is 9.59 Å². The minimum absolute atomic E-state index is 0.0335. The number of piperidine rings is 1. The average molecular weight is 403 g/mol. The van der Waals surface area contributed by atoms with Gasteiger partial charge in [-0.15, -0.1) is 0 Å². The topological polar surface area (TPSA) is 67.2 Å². The summed E-state index contributed by atoms with van der Waals surface area (Å²) < 4.78 is 1.58. The molecule has 1 aliphatic rings. The molecule has 2 heterocycles. The summed E-state index contributed by atoms with van der Waals surface area (Å²) in [6.45, 7) is 7.23. The second kappa shape index (κ2) is 8.78. The van der Waals surface area contributed by atoms with Crippen LogP contribution in [-0.4, -0.2) is 45.6 Å². The van der Waals surface area contributed by atoms with Crippen molar-refractivity contribution in [1.29, 1.82) is 0 Å². The van der Waals surface area contributed by atoms with Crippen molar-refractivity contribution in [3.8, 4) is 5.69 Å². The lowest BCUT2D eigenvalue weighted by Gasteiger charge is -2.32. The van der Waals surface area contributed by atoms with Crippen molar-refractivity contribution in [2.75, 3.05) is 13.1 Å². The Morgan fingerprint density at radius 3 is 2.46 bits per heavy atom. The summed E-state index contributed by atoms with van der Waals surface area (Å²) in [6, 6.07) is 9.53. The van der Waals surface area contributed by atoms with Gasteiger partial charge in [-0.3, -0.25) is 9.59 Å². The predicted octanol–water partition coefficient (Wildman–Crippen LogP) is 3.60. The fourth-order valence-corrected chi connectivity index (χ4v) is 3.86. The average Bonchev–Trinajstić information content (AvgIpc) is 2.96. The monoisotopic (exact) mass is 402 g/mol. The number of aromatic nitrogens is 2. The first-order valence-electron chi connectivity index (χ1n) is 9.76. The Bertz CT molecular complexity index is 840. The highest BCUT2D eigenvalue weighted by Gasteiger charge is 2.27. The maximum Gasteiger partial charge on any atom is 0.256 e. The van der Waals surface area contributed by atoms with Crippen LogP contribution in [0.4, 0.5) is 0 Å². The third-order valence-corrected chi connectivity index (χ3v) is 5.35. The minimum Gasteiger partial charge on any atom is -0.349 e. The molecule has 2 amide bonds. The number of halogens is 1. The summed E-state index contributed by atoms with van der Waals surface area (Å²) in [6.07, 6.45) is 2.07. The molecule has 0 unspecified atom stereocenters. The van der Waals surface area contributed by atoms with E-state index in [1.807, 2.05) is 49.1 Å². The van der Waals surface area contributed by atoms with Gasteiger partial charge in [0.25, 0.3) is 5.91 Å². The van der Waals surface area contributed by atoms with E-state index in [0.717, 1.165) is 18.5 Å². The Morgan fingerprint density at radius 2 is 1.86 bits per heavy atom. The number of hydrogen-bond donors (Lipinski definition) is 1. The van der Waals surface area contributed by atoms with Gasteiger partial charge in [0.1, 0.15) is 5.15 Å². The molecule has 7 heteroatoms. The summed E-state index contributed by atoms with van der Waals surface area (Å²) in [5, 5.41) is 7.81. The van der Waals surface area contributed by atoms with Crippen LogP contribution in [0.3, 0.4) is 0 Å². The highest BCUT2D eigenvalue weighted by molar-refractivity contribution is 6.33. The smallest absolute Gasteiger partial charge is 0.256 e. The first kappa shape index (κ1) is 20.4. The van der Waals surface area contributed by atoms with Gasteiger partial charge in [0, 0.05) is 25.6 Å². The molecule has 1 N–H and O–H groups in total. The van der Waals surface area contributed by atoms with Gasteiger partial charge in [-0.1, -0.05) is 43.6 Å². The van der Waals surface area contributed by atoms with Crippen LogP contribution in [0.2, 0.25) is 5.15 Å². The molecule has 150 valence electrons. The molecule has 1 fully saturated rings. The SMILES string of the molecule is Cc1nn(-c2ccccc2)c(Cl)c1C(=O)NC1CCN(C(=O)CC(C)C)CC1. The molecule has 0 spiro atoms. The maximum absolute atomic E-state index is 12.8. The number of nitrogens with zero attached hydrogens (tertiary/aromatic N) is 3. The van der Waals surface area contributed by atoms with Gasteiger partial charge < -0.3 is 10.2 Å². The lowest BCUT2D eigenvalue weighted by Crippen LogP contribution is -2.46. The van der Waals surface area contributed by atoms with Crippen LogP contribution in [0.5, 0.6) is 0 Å². The zero-order valence-corrected chi connectivity index (χ0v) is 17.4. The number of benzene rings is 1. The van der Waals surface area contributed by atoms with Gasteiger partial charge in [-0.2, -0.15) is 5.10 Å². The number of amides is 2.